The maximum atomic E-state index is 9.42. The normalized spacial score (nSPS) is 40.2. The van der Waals surface area contributed by atoms with E-state index in [4.69, 9.17) is 0 Å². The van der Waals surface area contributed by atoms with Gasteiger partial charge >= 0.3 is 0 Å². The van der Waals surface area contributed by atoms with Crippen LogP contribution in [0.2, 0.25) is 0 Å². The van der Waals surface area contributed by atoms with Gasteiger partial charge in [-0.25, -0.2) is 0 Å². The third kappa shape index (κ3) is 1.09. The van der Waals surface area contributed by atoms with Crippen molar-refractivity contribution < 1.29 is 5.11 Å². The van der Waals surface area contributed by atoms with Gasteiger partial charge in [-0.2, -0.15) is 0 Å². The van der Waals surface area contributed by atoms with Crippen LogP contribution in [0, 0.1) is 5.41 Å². The second kappa shape index (κ2) is 2.46. The Morgan fingerprint density at radius 3 is 2.75 bits per heavy atom. The summed E-state index contributed by atoms with van der Waals surface area (Å²) in [5.74, 6) is 0. The average Bonchev–Trinajstić information content (AvgIpc) is 2.40. The molecule has 12 heavy (non-hydrogen) atoms. The van der Waals surface area contributed by atoms with Gasteiger partial charge in [-0.1, -0.05) is 13.8 Å². The van der Waals surface area contributed by atoms with Gasteiger partial charge in [0.15, 0.2) is 0 Å². The van der Waals surface area contributed by atoms with Gasteiger partial charge in [0.2, 0.25) is 0 Å². The summed E-state index contributed by atoms with van der Waals surface area (Å²) in [6.45, 7) is 7.35. The molecule has 0 bridgehead atoms. The Kier molecular flexibility index (Phi) is 1.74. The molecular formula is C10H19NO. The number of hydrogen-bond acceptors (Lipinski definition) is 2. The zero-order valence-electron chi connectivity index (χ0n) is 8.14. The van der Waals surface area contributed by atoms with Crippen molar-refractivity contribution in [2.75, 3.05) is 19.7 Å². The Morgan fingerprint density at radius 1 is 1.42 bits per heavy atom. The van der Waals surface area contributed by atoms with E-state index in [1.807, 2.05) is 0 Å². The van der Waals surface area contributed by atoms with Crippen LogP contribution < -0.4 is 0 Å². The molecule has 0 unspecified atom stereocenters. The number of aliphatic hydroxyl groups is 1. The molecule has 2 saturated heterocycles. The summed E-state index contributed by atoms with van der Waals surface area (Å²) in [5.41, 5.74) is 0.590. The van der Waals surface area contributed by atoms with Crippen molar-refractivity contribution in [1.29, 1.82) is 0 Å². The Labute approximate surface area is 74.6 Å². The summed E-state index contributed by atoms with van der Waals surface area (Å²) in [6.07, 6.45) is 3.65. The van der Waals surface area contributed by atoms with Crippen molar-refractivity contribution in [3.8, 4) is 0 Å². The number of rotatable bonds is 1. The minimum absolute atomic E-state index is 0.170. The molecule has 70 valence electrons. The maximum Gasteiger partial charge on any atom is 0.0615 e. The molecule has 2 rings (SSSR count). The zero-order chi connectivity index (χ0) is 8.82. The van der Waals surface area contributed by atoms with Crippen LogP contribution in [-0.2, 0) is 0 Å². The molecule has 2 heteroatoms. The second-order valence-corrected chi connectivity index (χ2v) is 5.25. The number of nitrogens with zero attached hydrogens (tertiary/aromatic N) is 1. The molecule has 2 fully saturated rings. The maximum absolute atomic E-state index is 9.42. The quantitative estimate of drug-likeness (QED) is 0.638. The number of fused-ring (bicyclic) bond motifs is 1. The topological polar surface area (TPSA) is 23.5 Å². The SMILES string of the molecule is CC1(C)CN2CCC[C@]2(CO)C1. The summed E-state index contributed by atoms with van der Waals surface area (Å²) < 4.78 is 0. The van der Waals surface area contributed by atoms with Crippen molar-refractivity contribution in [2.24, 2.45) is 5.41 Å². The van der Waals surface area contributed by atoms with E-state index in [9.17, 15) is 5.11 Å². The fourth-order valence-corrected chi connectivity index (χ4v) is 3.14. The molecule has 2 aliphatic heterocycles. The van der Waals surface area contributed by atoms with E-state index in [0.717, 1.165) is 0 Å². The fourth-order valence-electron chi connectivity index (χ4n) is 3.14. The van der Waals surface area contributed by atoms with Crippen molar-refractivity contribution in [3.05, 3.63) is 0 Å². The van der Waals surface area contributed by atoms with Crippen molar-refractivity contribution in [2.45, 2.75) is 38.6 Å². The van der Waals surface area contributed by atoms with E-state index in [1.54, 1.807) is 0 Å². The van der Waals surface area contributed by atoms with Gasteiger partial charge in [0.25, 0.3) is 0 Å². The Morgan fingerprint density at radius 2 is 2.17 bits per heavy atom. The first-order chi connectivity index (χ1) is 5.58. The van der Waals surface area contributed by atoms with Crippen LogP contribution in [0.15, 0.2) is 0 Å². The Bertz CT molecular complexity index is 190. The average molecular weight is 169 g/mol. The summed E-state index contributed by atoms with van der Waals surface area (Å²) in [7, 11) is 0. The highest BCUT2D eigenvalue weighted by molar-refractivity contribution is 5.05. The monoisotopic (exact) mass is 169 g/mol. The van der Waals surface area contributed by atoms with Gasteiger partial charge in [-0.05, 0) is 31.2 Å². The van der Waals surface area contributed by atoms with Crippen LogP contribution >= 0.6 is 0 Å². The van der Waals surface area contributed by atoms with Crippen LogP contribution in [0.25, 0.3) is 0 Å². The first-order valence-electron chi connectivity index (χ1n) is 4.94. The van der Waals surface area contributed by atoms with E-state index in [2.05, 4.69) is 18.7 Å². The molecule has 2 aliphatic rings. The van der Waals surface area contributed by atoms with Crippen LogP contribution in [-0.4, -0.2) is 35.2 Å². The minimum atomic E-state index is 0.170. The molecular weight excluding hydrogens is 150 g/mol. The highest BCUT2D eigenvalue weighted by atomic mass is 16.3. The lowest BCUT2D eigenvalue weighted by atomic mass is 9.83. The molecule has 0 radical (unpaired) electrons. The molecule has 0 spiro atoms. The second-order valence-electron chi connectivity index (χ2n) is 5.25. The van der Waals surface area contributed by atoms with Crippen LogP contribution in [0.3, 0.4) is 0 Å². The smallest absolute Gasteiger partial charge is 0.0615 e. The molecule has 0 amide bonds. The summed E-state index contributed by atoms with van der Waals surface area (Å²) in [4.78, 5) is 2.49. The van der Waals surface area contributed by atoms with E-state index in [0.29, 0.717) is 12.0 Å². The number of hydrogen-bond donors (Lipinski definition) is 1. The predicted molar refractivity (Wildman–Crippen MR) is 49.0 cm³/mol. The van der Waals surface area contributed by atoms with Crippen LogP contribution in [0.5, 0.6) is 0 Å². The fraction of sp³-hybridized carbons (Fsp3) is 1.00. The largest absolute Gasteiger partial charge is 0.394 e. The van der Waals surface area contributed by atoms with Gasteiger partial charge in [-0.3, -0.25) is 4.90 Å². The standard InChI is InChI=1S/C10H19NO/c1-9(2)6-10(8-12)4-3-5-11(10)7-9/h12H,3-8H2,1-2H3/t10-/m1/s1. The highest BCUT2D eigenvalue weighted by Gasteiger charge is 2.50. The van der Waals surface area contributed by atoms with Crippen molar-refractivity contribution >= 4 is 0 Å². The first-order valence-corrected chi connectivity index (χ1v) is 4.94. The predicted octanol–water partition coefficient (Wildman–Crippen LogP) is 1.24. The third-order valence-electron chi connectivity index (χ3n) is 3.46. The molecule has 0 saturated carbocycles. The molecule has 0 aliphatic carbocycles. The van der Waals surface area contributed by atoms with Crippen molar-refractivity contribution in [3.63, 3.8) is 0 Å². The van der Waals surface area contributed by atoms with Gasteiger partial charge < -0.3 is 5.11 Å². The molecule has 0 aromatic carbocycles. The van der Waals surface area contributed by atoms with Gasteiger partial charge in [0.05, 0.1) is 6.61 Å². The van der Waals surface area contributed by atoms with Crippen LogP contribution in [0.1, 0.15) is 33.1 Å². The Hall–Kier alpha value is -0.0800. The van der Waals surface area contributed by atoms with Crippen LogP contribution in [0.4, 0.5) is 0 Å². The lowest BCUT2D eigenvalue weighted by Gasteiger charge is -2.29. The van der Waals surface area contributed by atoms with E-state index >= 15 is 0 Å². The van der Waals surface area contributed by atoms with E-state index in [-0.39, 0.29) is 5.54 Å². The van der Waals surface area contributed by atoms with E-state index in [1.165, 1.54) is 32.4 Å². The molecule has 1 atom stereocenters. The molecule has 2 nitrogen and oxygen atoms in total. The third-order valence-corrected chi connectivity index (χ3v) is 3.46. The summed E-state index contributed by atoms with van der Waals surface area (Å²) in [6, 6.07) is 0. The highest BCUT2D eigenvalue weighted by Crippen LogP contribution is 2.46. The van der Waals surface area contributed by atoms with Gasteiger partial charge in [0, 0.05) is 12.1 Å². The number of aliphatic hydroxyl groups excluding tert-OH is 1. The molecule has 1 N–H and O–H groups in total. The van der Waals surface area contributed by atoms with E-state index < -0.39 is 0 Å². The first kappa shape index (κ1) is 8.52. The molecule has 2 heterocycles. The zero-order valence-corrected chi connectivity index (χ0v) is 8.14. The summed E-state index contributed by atoms with van der Waals surface area (Å²) >= 11 is 0. The van der Waals surface area contributed by atoms with Crippen molar-refractivity contribution in [1.82, 2.24) is 4.90 Å². The molecule has 0 aromatic rings. The lowest BCUT2D eigenvalue weighted by Crippen LogP contribution is -2.41. The molecule has 0 aromatic heterocycles. The van der Waals surface area contributed by atoms with Gasteiger partial charge in [0.1, 0.15) is 0 Å². The van der Waals surface area contributed by atoms with Gasteiger partial charge in [-0.15, -0.1) is 0 Å². The minimum Gasteiger partial charge on any atom is -0.394 e. The Balaban J connectivity index is 2.20. The summed E-state index contributed by atoms with van der Waals surface area (Å²) in [5, 5.41) is 9.42. The lowest BCUT2D eigenvalue weighted by molar-refractivity contribution is 0.0995.